The van der Waals surface area contributed by atoms with Crippen molar-refractivity contribution in [3.05, 3.63) is 88.1 Å². The van der Waals surface area contributed by atoms with Gasteiger partial charge in [0.25, 0.3) is 5.91 Å². The number of hydrogen-bond acceptors (Lipinski definition) is 5. The van der Waals surface area contributed by atoms with Gasteiger partial charge in [-0.05, 0) is 48.2 Å². The zero-order chi connectivity index (χ0) is 23.3. The molecule has 0 aliphatic carbocycles. The zero-order valence-electron chi connectivity index (χ0n) is 17.5. The van der Waals surface area contributed by atoms with Crippen molar-refractivity contribution < 1.29 is 23.9 Å². The Labute approximate surface area is 183 Å². The van der Waals surface area contributed by atoms with Crippen LogP contribution in [0.3, 0.4) is 0 Å². The second kappa shape index (κ2) is 9.78. The van der Waals surface area contributed by atoms with Crippen LogP contribution in [0.1, 0.15) is 43.1 Å². The molecule has 8 nitrogen and oxygen atoms in total. The van der Waals surface area contributed by atoms with Gasteiger partial charge in [0.05, 0.1) is 12.0 Å². The van der Waals surface area contributed by atoms with Crippen LogP contribution < -0.4 is 10.6 Å². The summed E-state index contributed by atoms with van der Waals surface area (Å²) in [5.41, 5.74) is 2.67. The summed E-state index contributed by atoms with van der Waals surface area (Å²) in [4.78, 5) is 43.7. The van der Waals surface area contributed by atoms with E-state index in [1.165, 1.54) is 24.5 Å². The van der Waals surface area contributed by atoms with E-state index in [0.29, 0.717) is 16.7 Å². The van der Waals surface area contributed by atoms with Gasteiger partial charge in [0.15, 0.2) is 0 Å². The number of hydrogen-bond donors (Lipinski definition) is 3. The molecule has 2 amide bonds. The van der Waals surface area contributed by atoms with Crippen molar-refractivity contribution in [3.8, 4) is 0 Å². The highest BCUT2D eigenvalue weighted by Gasteiger charge is 2.13. The molecule has 0 aliphatic rings. The lowest BCUT2D eigenvalue weighted by Gasteiger charge is -2.09. The van der Waals surface area contributed by atoms with Crippen LogP contribution in [-0.4, -0.2) is 32.9 Å². The number of carbonyl (C=O) groups excluding carboxylic acids is 2. The number of carbonyl (C=O) groups is 3. The van der Waals surface area contributed by atoms with E-state index in [-0.39, 0.29) is 41.8 Å². The molecule has 164 valence electrons. The molecule has 0 atom stereocenters. The molecule has 0 saturated heterocycles. The molecular weight excluding hydrogens is 415 g/mol. The molecule has 0 bridgehead atoms. The van der Waals surface area contributed by atoms with Gasteiger partial charge in [-0.2, -0.15) is 0 Å². The number of aromatic nitrogens is 2. The summed E-state index contributed by atoms with van der Waals surface area (Å²) in [6.07, 6.45) is 1.18. The number of amides is 2. The van der Waals surface area contributed by atoms with E-state index in [0.717, 1.165) is 5.56 Å². The summed E-state index contributed by atoms with van der Waals surface area (Å²) in [7, 11) is 0. The molecule has 1 heterocycles. The third-order valence-electron chi connectivity index (χ3n) is 4.73. The Morgan fingerprint density at radius 2 is 1.69 bits per heavy atom. The maximum atomic E-state index is 13.4. The van der Waals surface area contributed by atoms with Crippen LogP contribution in [-0.2, 0) is 17.8 Å². The Bertz CT molecular complexity index is 1200. The Balaban J connectivity index is 1.60. The van der Waals surface area contributed by atoms with Crippen molar-refractivity contribution in [2.45, 2.75) is 26.8 Å². The SMILES string of the molecule is Cc1cc(CNC(=O)c2cc(NC(=O)Cc3ccc(C(=O)O)c(C)c3)ncn2)ccc1F. The highest BCUT2D eigenvalue weighted by Crippen LogP contribution is 2.13. The summed E-state index contributed by atoms with van der Waals surface area (Å²) in [6.45, 7) is 3.49. The Morgan fingerprint density at radius 3 is 2.38 bits per heavy atom. The fourth-order valence-corrected chi connectivity index (χ4v) is 3.09. The van der Waals surface area contributed by atoms with Gasteiger partial charge in [-0.25, -0.2) is 19.2 Å². The van der Waals surface area contributed by atoms with Crippen LogP contribution in [0.4, 0.5) is 10.2 Å². The van der Waals surface area contributed by atoms with E-state index in [4.69, 9.17) is 5.11 Å². The van der Waals surface area contributed by atoms with E-state index in [9.17, 15) is 18.8 Å². The number of carboxylic acid groups (broad SMARTS) is 1. The minimum atomic E-state index is -1.03. The van der Waals surface area contributed by atoms with Crippen molar-refractivity contribution in [1.29, 1.82) is 0 Å². The van der Waals surface area contributed by atoms with Gasteiger partial charge in [0.1, 0.15) is 23.7 Å². The summed E-state index contributed by atoms with van der Waals surface area (Å²) in [6, 6.07) is 10.6. The molecule has 0 radical (unpaired) electrons. The number of carboxylic acids is 1. The van der Waals surface area contributed by atoms with E-state index >= 15 is 0 Å². The van der Waals surface area contributed by atoms with Gasteiger partial charge in [-0.15, -0.1) is 0 Å². The van der Waals surface area contributed by atoms with Gasteiger partial charge in [-0.3, -0.25) is 9.59 Å². The van der Waals surface area contributed by atoms with Crippen LogP contribution in [0.25, 0.3) is 0 Å². The normalized spacial score (nSPS) is 10.5. The quantitative estimate of drug-likeness (QED) is 0.523. The molecule has 0 spiro atoms. The number of nitrogens with zero attached hydrogens (tertiary/aromatic N) is 2. The predicted molar refractivity (Wildman–Crippen MR) is 115 cm³/mol. The molecule has 32 heavy (non-hydrogen) atoms. The summed E-state index contributed by atoms with van der Waals surface area (Å²) >= 11 is 0. The van der Waals surface area contributed by atoms with Crippen molar-refractivity contribution in [1.82, 2.24) is 15.3 Å². The molecule has 2 aromatic carbocycles. The topological polar surface area (TPSA) is 121 Å². The molecule has 3 N–H and O–H groups in total. The molecule has 0 aliphatic heterocycles. The number of anilines is 1. The predicted octanol–water partition coefficient (Wildman–Crippen LogP) is 3.04. The third-order valence-corrected chi connectivity index (χ3v) is 4.73. The fraction of sp³-hybridized carbons (Fsp3) is 0.174. The van der Waals surface area contributed by atoms with E-state index < -0.39 is 11.9 Å². The van der Waals surface area contributed by atoms with Crippen molar-refractivity contribution >= 4 is 23.6 Å². The highest BCUT2D eigenvalue weighted by molar-refractivity contribution is 5.95. The number of aromatic carboxylic acids is 1. The van der Waals surface area contributed by atoms with Crippen LogP contribution in [0, 0.1) is 19.7 Å². The lowest BCUT2D eigenvalue weighted by atomic mass is 10.0. The zero-order valence-corrected chi connectivity index (χ0v) is 17.5. The average Bonchev–Trinajstić information content (AvgIpc) is 2.74. The van der Waals surface area contributed by atoms with E-state index in [2.05, 4.69) is 20.6 Å². The lowest BCUT2D eigenvalue weighted by Crippen LogP contribution is -2.24. The Morgan fingerprint density at radius 1 is 0.969 bits per heavy atom. The first kappa shape index (κ1) is 22.5. The van der Waals surface area contributed by atoms with Gasteiger partial charge in [-0.1, -0.05) is 24.3 Å². The van der Waals surface area contributed by atoms with Gasteiger partial charge >= 0.3 is 5.97 Å². The fourth-order valence-electron chi connectivity index (χ4n) is 3.09. The molecule has 0 fully saturated rings. The molecule has 1 aromatic heterocycles. The van der Waals surface area contributed by atoms with Crippen LogP contribution in [0.15, 0.2) is 48.8 Å². The van der Waals surface area contributed by atoms with Gasteiger partial charge in [0, 0.05) is 12.6 Å². The van der Waals surface area contributed by atoms with Crippen molar-refractivity contribution in [3.63, 3.8) is 0 Å². The minimum Gasteiger partial charge on any atom is -0.478 e. The smallest absolute Gasteiger partial charge is 0.335 e. The summed E-state index contributed by atoms with van der Waals surface area (Å²) < 4.78 is 13.4. The third kappa shape index (κ3) is 5.72. The summed E-state index contributed by atoms with van der Waals surface area (Å²) in [5, 5.41) is 14.4. The van der Waals surface area contributed by atoms with Gasteiger partial charge < -0.3 is 15.7 Å². The lowest BCUT2D eigenvalue weighted by molar-refractivity contribution is -0.115. The summed E-state index contributed by atoms with van der Waals surface area (Å²) in [5.74, 6) is -2.03. The molecule has 0 saturated carbocycles. The Hall–Kier alpha value is -4.14. The van der Waals surface area contributed by atoms with Crippen molar-refractivity contribution in [2.24, 2.45) is 0 Å². The van der Waals surface area contributed by atoms with E-state index in [1.54, 1.807) is 38.1 Å². The molecule has 3 rings (SSSR count). The number of aryl methyl sites for hydroxylation is 2. The van der Waals surface area contributed by atoms with Crippen LogP contribution >= 0.6 is 0 Å². The van der Waals surface area contributed by atoms with E-state index in [1.807, 2.05) is 0 Å². The second-order valence-corrected chi connectivity index (χ2v) is 7.23. The maximum absolute atomic E-state index is 13.4. The first-order valence-corrected chi connectivity index (χ1v) is 9.71. The van der Waals surface area contributed by atoms with Crippen molar-refractivity contribution in [2.75, 3.05) is 5.32 Å². The standard InChI is InChI=1S/C23H21FN4O4/c1-13-7-15(3-5-17(13)23(31)32)9-21(29)28-20-10-19(26-12-27-20)22(30)25-11-16-4-6-18(24)14(2)8-16/h3-8,10,12H,9,11H2,1-2H3,(H,25,30)(H,31,32)(H,26,27,28,29). The molecule has 0 unspecified atom stereocenters. The minimum absolute atomic E-state index is 0.0101. The molecule has 3 aromatic rings. The largest absolute Gasteiger partial charge is 0.478 e. The number of rotatable bonds is 7. The Kier molecular flexibility index (Phi) is 6.89. The first-order valence-electron chi connectivity index (χ1n) is 9.71. The molecule has 9 heteroatoms. The average molecular weight is 436 g/mol. The van der Waals surface area contributed by atoms with Crippen LogP contribution in [0.2, 0.25) is 0 Å². The van der Waals surface area contributed by atoms with Gasteiger partial charge in [0.2, 0.25) is 5.91 Å². The second-order valence-electron chi connectivity index (χ2n) is 7.23. The highest BCUT2D eigenvalue weighted by atomic mass is 19.1. The number of benzene rings is 2. The first-order chi connectivity index (χ1) is 15.2. The monoisotopic (exact) mass is 436 g/mol. The van der Waals surface area contributed by atoms with Crippen LogP contribution in [0.5, 0.6) is 0 Å². The molecular formula is C23H21FN4O4. The maximum Gasteiger partial charge on any atom is 0.335 e. The number of nitrogens with one attached hydrogen (secondary N) is 2. The number of halogens is 1.